The van der Waals surface area contributed by atoms with Gasteiger partial charge in [-0.05, 0) is 43.2 Å². The first kappa shape index (κ1) is 12.6. The molecule has 4 unspecified atom stereocenters. The van der Waals surface area contributed by atoms with E-state index < -0.39 is 0 Å². The van der Waals surface area contributed by atoms with Gasteiger partial charge in [-0.15, -0.1) is 0 Å². The number of amides is 1. The van der Waals surface area contributed by atoms with Crippen molar-refractivity contribution in [3.8, 4) is 0 Å². The standard InChI is InChI=1S/C15H20N2O2/c18-9-14(13-3-1-2-6-16-13)17-15(19)12-8-10-4-5-11(12)7-10/h1-3,6,10-12,14,18H,4-5,7-9H2,(H,17,19). The Balaban J connectivity index is 1.65. The quantitative estimate of drug-likeness (QED) is 0.865. The predicted octanol–water partition coefficient (Wildman–Crippen LogP) is 1.67. The van der Waals surface area contributed by atoms with Crippen molar-refractivity contribution in [2.45, 2.75) is 31.7 Å². The Morgan fingerprint density at radius 3 is 2.89 bits per heavy atom. The van der Waals surface area contributed by atoms with Gasteiger partial charge >= 0.3 is 0 Å². The van der Waals surface area contributed by atoms with Gasteiger partial charge < -0.3 is 10.4 Å². The summed E-state index contributed by atoms with van der Waals surface area (Å²) in [6.45, 7) is -0.108. The fourth-order valence-electron chi connectivity index (χ4n) is 3.64. The minimum absolute atomic E-state index is 0.0944. The lowest BCUT2D eigenvalue weighted by Gasteiger charge is -2.24. The third kappa shape index (κ3) is 2.50. The first-order valence-corrected chi connectivity index (χ1v) is 7.10. The summed E-state index contributed by atoms with van der Waals surface area (Å²) in [5.74, 6) is 1.56. The number of hydrogen-bond donors (Lipinski definition) is 2. The molecule has 0 saturated heterocycles. The highest BCUT2D eigenvalue weighted by Crippen LogP contribution is 2.48. The van der Waals surface area contributed by atoms with Crippen LogP contribution >= 0.6 is 0 Å². The molecule has 19 heavy (non-hydrogen) atoms. The predicted molar refractivity (Wildman–Crippen MR) is 71.1 cm³/mol. The van der Waals surface area contributed by atoms with Crippen LogP contribution in [-0.4, -0.2) is 22.6 Å². The first-order chi connectivity index (χ1) is 9.28. The van der Waals surface area contributed by atoms with Crippen molar-refractivity contribution in [3.63, 3.8) is 0 Å². The number of hydrogen-bond acceptors (Lipinski definition) is 3. The van der Waals surface area contributed by atoms with E-state index in [1.807, 2.05) is 18.2 Å². The molecule has 102 valence electrons. The number of carbonyl (C=O) groups is 1. The third-order valence-corrected chi connectivity index (χ3v) is 4.62. The monoisotopic (exact) mass is 260 g/mol. The van der Waals surface area contributed by atoms with Crippen LogP contribution in [0.4, 0.5) is 0 Å². The number of carbonyl (C=O) groups excluding carboxylic acids is 1. The van der Waals surface area contributed by atoms with Crippen molar-refractivity contribution < 1.29 is 9.90 Å². The Kier molecular flexibility index (Phi) is 3.51. The van der Waals surface area contributed by atoms with Crippen molar-refractivity contribution in [1.29, 1.82) is 0 Å². The van der Waals surface area contributed by atoms with Crippen molar-refractivity contribution in [2.75, 3.05) is 6.61 Å². The lowest BCUT2D eigenvalue weighted by atomic mass is 9.88. The summed E-state index contributed by atoms with van der Waals surface area (Å²) in [4.78, 5) is 16.5. The summed E-state index contributed by atoms with van der Waals surface area (Å²) < 4.78 is 0. The average molecular weight is 260 g/mol. The SMILES string of the molecule is O=C(NC(CO)c1ccccn1)C1CC2CCC1C2. The molecule has 1 heterocycles. The lowest BCUT2D eigenvalue weighted by molar-refractivity contribution is -0.127. The molecule has 1 aromatic heterocycles. The molecule has 1 aromatic rings. The van der Waals surface area contributed by atoms with Crippen LogP contribution in [0.2, 0.25) is 0 Å². The summed E-state index contributed by atoms with van der Waals surface area (Å²) in [6, 6.07) is 5.15. The summed E-state index contributed by atoms with van der Waals surface area (Å²) in [7, 11) is 0. The Morgan fingerprint density at radius 2 is 2.32 bits per heavy atom. The number of pyridine rings is 1. The number of aliphatic hydroxyl groups excluding tert-OH is 1. The highest BCUT2D eigenvalue weighted by atomic mass is 16.3. The van der Waals surface area contributed by atoms with E-state index in [-0.39, 0.29) is 24.5 Å². The molecule has 0 radical (unpaired) electrons. The maximum atomic E-state index is 12.3. The van der Waals surface area contributed by atoms with Gasteiger partial charge in [-0.2, -0.15) is 0 Å². The van der Waals surface area contributed by atoms with E-state index in [1.54, 1.807) is 6.20 Å². The van der Waals surface area contributed by atoms with Gasteiger partial charge in [-0.3, -0.25) is 9.78 Å². The molecule has 2 fully saturated rings. The molecule has 1 amide bonds. The minimum atomic E-state index is -0.382. The number of rotatable bonds is 4. The van der Waals surface area contributed by atoms with Gasteiger partial charge in [-0.1, -0.05) is 12.5 Å². The van der Waals surface area contributed by atoms with E-state index in [0.717, 1.165) is 18.0 Å². The van der Waals surface area contributed by atoms with E-state index >= 15 is 0 Å². The van der Waals surface area contributed by atoms with Gasteiger partial charge in [0.15, 0.2) is 0 Å². The van der Waals surface area contributed by atoms with Crippen LogP contribution in [0.5, 0.6) is 0 Å². The van der Waals surface area contributed by atoms with Crippen LogP contribution in [0.3, 0.4) is 0 Å². The van der Waals surface area contributed by atoms with Crippen LogP contribution < -0.4 is 5.32 Å². The Bertz CT molecular complexity index is 449. The van der Waals surface area contributed by atoms with E-state index in [4.69, 9.17) is 0 Å². The zero-order valence-corrected chi connectivity index (χ0v) is 11.0. The fourth-order valence-corrected chi connectivity index (χ4v) is 3.64. The summed E-state index contributed by atoms with van der Waals surface area (Å²) >= 11 is 0. The van der Waals surface area contributed by atoms with Gasteiger partial charge in [0.2, 0.25) is 5.91 Å². The summed E-state index contributed by atoms with van der Waals surface area (Å²) in [5, 5.41) is 12.4. The van der Waals surface area contributed by atoms with Gasteiger partial charge in [-0.25, -0.2) is 0 Å². The summed E-state index contributed by atoms with van der Waals surface area (Å²) in [5.41, 5.74) is 0.724. The van der Waals surface area contributed by atoms with Gasteiger partial charge in [0.05, 0.1) is 18.3 Å². The minimum Gasteiger partial charge on any atom is -0.394 e. The normalized spacial score (nSPS) is 30.3. The zero-order chi connectivity index (χ0) is 13.2. The Morgan fingerprint density at radius 1 is 1.42 bits per heavy atom. The number of nitrogens with zero attached hydrogens (tertiary/aromatic N) is 1. The summed E-state index contributed by atoms with van der Waals surface area (Å²) in [6.07, 6.45) is 6.40. The van der Waals surface area contributed by atoms with Gasteiger partial charge in [0.1, 0.15) is 0 Å². The largest absolute Gasteiger partial charge is 0.394 e. The van der Waals surface area contributed by atoms with E-state index in [0.29, 0.717) is 5.92 Å². The highest BCUT2D eigenvalue weighted by Gasteiger charge is 2.43. The van der Waals surface area contributed by atoms with E-state index in [1.165, 1.54) is 19.3 Å². The molecule has 2 N–H and O–H groups in total. The number of aliphatic hydroxyl groups is 1. The maximum Gasteiger partial charge on any atom is 0.224 e. The molecule has 2 saturated carbocycles. The molecule has 2 aliphatic rings. The van der Waals surface area contributed by atoms with Gasteiger partial charge in [0, 0.05) is 12.1 Å². The third-order valence-electron chi connectivity index (χ3n) is 4.62. The molecule has 2 bridgehead atoms. The van der Waals surface area contributed by atoms with Gasteiger partial charge in [0.25, 0.3) is 0 Å². The van der Waals surface area contributed by atoms with Crippen LogP contribution in [0.15, 0.2) is 24.4 Å². The number of fused-ring (bicyclic) bond motifs is 2. The smallest absolute Gasteiger partial charge is 0.224 e. The molecule has 3 rings (SSSR count). The molecule has 0 aliphatic heterocycles. The average Bonchev–Trinajstić information content (AvgIpc) is 3.08. The van der Waals surface area contributed by atoms with E-state index in [2.05, 4.69) is 10.3 Å². The lowest BCUT2D eigenvalue weighted by Crippen LogP contribution is -2.37. The molecule has 4 nitrogen and oxygen atoms in total. The molecule has 4 heteroatoms. The Labute approximate surface area is 113 Å². The zero-order valence-electron chi connectivity index (χ0n) is 11.0. The number of aromatic nitrogens is 1. The second-order valence-electron chi connectivity index (χ2n) is 5.78. The molecule has 2 aliphatic carbocycles. The maximum absolute atomic E-state index is 12.3. The molecular weight excluding hydrogens is 240 g/mol. The molecule has 0 spiro atoms. The van der Waals surface area contributed by atoms with Crippen LogP contribution in [0.1, 0.15) is 37.4 Å². The first-order valence-electron chi connectivity index (χ1n) is 7.10. The topological polar surface area (TPSA) is 62.2 Å². The molecule has 4 atom stereocenters. The second-order valence-corrected chi connectivity index (χ2v) is 5.78. The van der Waals surface area contributed by atoms with Crippen molar-refractivity contribution in [1.82, 2.24) is 10.3 Å². The van der Waals surface area contributed by atoms with Crippen molar-refractivity contribution in [3.05, 3.63) is 30.1 Å². The van der Waals surface area contributed by atoms with Crippen LogP contribution in [0, 0.1) is 17.8 Å². The van der Waals surface area contributed by atoms with E-state index in [9.17, 15) is 9.90 Å². The molecular formula is C15H20N2O2. The van der Waals surface area contributed by atoms with Crippen molar-refractivity contribution >= 4 is 5.91 Å². The number of nitrogens with one attached hydrogen (secondary N) is 1. The van der Waals surface area contributed by atoms with Crippen LogP contribution in [-0.2, 0) is 4.79 Å². The fraction of sp³-hybridized carbons (Fsp3) is 0.600. The molecule has 0 aromatic carbocycles. The van der Waals surface area contributed by atoms with Crippen molar-refractivity contribution in [2.24, 2.45) is 17.8 Å². The second kappa shape index (κ2) is 5.29. The van der Waals surface area contributed by atoms with Crippen LogP contribution in [0.25, 0.3) is 0 Å². The Hall–Kier alpha value is -1.42. The highest BCUT2D eigenvalue weighted by molar-refractivity contribution is 5.80.